The van der Waals surface area contributed by atoms with Crippen molar-refractivity contribution >= 4 is 22.6 Å². The molecular formula is C20H21N5O. The molecule has 6 nitrogen and oxygen atoms in total. The normalized spacial score (nSPS) is 15.3. The zero-order valence-corrected chi connectivity index (χ0v) is 14.5. The number of piperazine rings is 1. The van der Waals surface area contributed by atoms with Gasteiger partial charge in [-0.15, -0.1) is 0 Å². The van der Waals surface area contributed by atoms with E-state index in [-0.39, 0.29) is 0 Å². The zero-order valence-electron chi connectivity index (χ0n) is 14.5. The van der Waals surface area contributed by atoms with Crippen LogP contribution in [0.4, 0.5) is 5.82 Å². The van der Waals surface area contributed by atoms with Crippen LogP contribution in [-0.4, -0.2) is 47.0 Å². The molecule has 1 amide bonds. The summed E-state index contributed by atoms with van der Waals surface area (Å²) in [7, 11) is 0. The van der Waals surface area contributed by atoms with E-state index in [4.69, 9.17) is 5.73 Å². The van der Waals surface area contributed by atoms with Crippen LogP contribution in [0.25, 0.3) is 10.9 Å². The summed E-state index contributed by atoms with van der Waals surface area (Å²) in [5.41, 5.74) is 7.99. The first-order chi connectivity index (χ1) is 12.7. The molecule has 1 aromatic carbocycles. The molecule has 0 saturated carbocycles. The number of pyridine rings is 2. The third-order valence-corrected chi connectivity index (χ3v) is 4.81. The van der Waals surface area contributed by atoms with E-state index in [9.17, 15) is 4.79 Å². The number of nitrogens with zero attached hydrogens (tertiary/aromatic N) is 4. The lowest BCUT2D eigenvalue weighted by atomic mass is 10.1. The molecule has 132 valence electrons. The molecule has 0 spiro atoms. The Morgan fingerprint density at radius 3 is 2.62 bits per heavy atom. The van der Waals surface area contributed by atoms with Crippen molar-refractivity contribution in [2.24, 2.45) is 5.73 Å². The highest BCUT2D eigenvalue weighted by atomic mass is 16.1. The molecule has 0 unspecified atom stereocenters. The van der Waals surface area contributed by atoms with E-state index in [0.29, 0.717) is 5.69 Å². The summed E-state index contributed by atoms with van der Waals surface area (Å²) >= 11 is 0. The second-order valence-electron chi connectivity index (χ2n) is 6.50. The minimum Gasteiger partial charge on any atom is -0.364 e. The largest absolute Gasteiger partial charge is 0.364 e. The second-order valence-corrected chi connectivity index (χ2v) is 6.50. The van der Waals surface area contributed by atoms with E-state index in [1.807, 2.05) is 30.5 Å². The van der Waals surface area contributed by atoms with Crippen LogP contribution in [0.5, 0.6) is 0 Å². The van der Waals surface area contributed by atoms with Gasteiger partial charge in [0.05, 0.1) is 5.52 Å². The number of benzene rings is 1. The number of primary amides is 1. The van der Waals surface area contributed by atoms with Gasteiger partial charge in [-0.3, -0.25) is 14.7 Å². The lowest BCUT2D eigenvalue weighted by Gasteiger charge is -2.35. The SMILES string of the molecule is NC(=O)c1cccc(N2CCN(Cc3cccc4ncccc34)CC2)n1. The van der Waals surface area contributed by atoms with E-state index >= 15 is 0 Å². The van der Waals surface area contributed by atoms with Gasteiger partial charge in [0.2, 0.25) is 0 Å². The maximum Gasteiger partial charge on any atom is 0.267 e. The summed E-state index contributed by atoms with van der Waals surface area (Å²) in [5, 5.41) is 1.22. The van der Waals surface area contributed by atoms with Crippen LogP contribution in [-0.2, 0) is 6.54 Å². The molecular weight excluding hydrogens is 326 g/mol. The van der Waals surface area contributed by atoms with Crippen LogP contribution >= 0.6 is 0 Å². The average Bonchev–Trinajstić information content (AvgIpc) is 2.69. The monoisotopic (exact) mass is 347 g/mol. The van der Waals surface area contributed by atoms with Crippen molar-refractivity contribution in [2.75, 3.05) is 31.1 Å². The van der Waals surface area contributed by atoms with Gasteiger partial charge in [-0.05, 0) is 29.8 Å². The predicted octanol–water partition coefficient (Wildman–Crippen LogP) is 2.05. The number of carbonyl (C=O) groups excluding carboxylic acids is 1. The van der Waals surface area contributed by atoms with Gasteiger partial charge in [0.1, 0.15) is 11.5 Å². The summed E-state index contributed by atoms with van der Waals surface area (Å²) in [6.45, 7) is 4.54. The fraction of sp³-hybridized carbons (Fsp3) is 0.250. The highest BCUT2D eigenvalue weighted by molar-refractivity contribution is 5.91. The van der Waals surface area contributed by atoms with Gasteiger partial charge in [0.25, 0.3) is 5.91 Å². The number of amides is 1. The van der Waals surface area contributed by atoms with E-state index in [2.05, 4.69) is 38.0 Å². The van der Waals surface area contributed by atoms with Gasteiger partial charge in [-0.2, -0.15) is 0 Å². The van der Waals surface area contributed by atoms with Crippen LogP contribution in [0.3, 0.4) is 0 Å². The van der Waals surface area contributed by atoms with Crippen LogP contribution in [0.1, 0.15) is 16.1 Å². The van der Waals surface area contributed by atoms with Crippen molar-refractivity contribution in [2.45, 2.75) is 6.54 Å². The van der Waals surface area contributed by atoms with Crippen molar-refractivity contribution in [3.63, 3.8) is 0 Å². The summed E-state index contributed by atoms with van der Waals surface area (Å²) in [6.07, 6.45) is 1.83. The number of aromatic nitrogens is 2. The van der Waals surface area contributed by atoms with Gasteiger partial charge in [0, 0.05) is 44.3 Å². The molecule has 1 fully saturated rings. The number of carbonyl (C=O) groups is 1. The molecule has 1 saturated heterocycles. The molecule has 3 aromatic rings. The van der Waals surface area contributed by atoms with Gasteiger partial charge in [-0.25, -0.2) is 4.98 Å². The van der Waals surface area contributed by atoms with Crippen molar-refractivity contribution < 1.29 is 4.79 Å². The Balaban J connectivity index is 1.44. The Hall–Kier alpha value is -2.99. The fourth-order valence-electron chi connectivity index (χ4n) is 3.42. The van der Waals surface area contributed by atoms with Crippen molar-refractivity contribution in [1.29, 1.82) is 0 Å². The Morgan fingerprint density at radius 2 is 1.81 bits per heavy atom. The minimum atomic E-state index is -0.491. The molecule has 0 atom stereocenters. The van der Waals surface area contributed by atoms with E-state index in [1.165, 1.54) is 10.9 Å². The van der Waals surface area contributed by atoms with Crippen LogP contribution in [0.2, 0.25) is 0 Å². The molecule has 2 aromatic heterocycles. The number of nitrogens with two attached hydrogens (primary N) is 1. The topological polar surface area (TPSA) is 75.4 Å². The zero-order chi connectivity index (χ0) is 17.9. The van der Waals surface area contributed by atoms with E-state index in [1.54, 1.807) is 6.07 Å². The van der Waals surface area contributed by atoms with Gasteiger partial charge < -0.3 is 10.6 Å². The van der Waals surface area contributed by atoms with Gasteiger partial charge >= 0.3 is 0 Å². The lowest BCUT2D eigenvalue weighted by Crippen LogP contribution is -2.46. The third kappa shape index (κ3) is 3.36. The lowest BCUT2D eigenvalue weighted by molar-refractivity contribution is 0.0995. The van der Waals surface area contributed by atoms with E-state index < -0.39 is 5.91 Å². The van der Waals surface area contributed by atoms with Crippen LogP contribution in [0.15, 0.2) is 54.7 Å². The Kier molecular flexibility index (Phi) is 4.50. The molecule has 26 heavy (non-hydrogen) atoms. The molecule has 1 aliphatic rings. The summed E-state index contributed by atoms with van der Waals surface area (Å²) in [6, 6.07) is 15.8. The van der Waals surface area contributed by atoms with Crippen LogP contribution < -0.4 is 10.6 Å². The van der Waals surface area contributed by atoms with Crippen molar-refractivity contribution in [3.05, 3.63) is 66.0 Å². The molecule has 0 aliphatic carbocycles. The third-order valence-electron chi connectivity index (χ3n) is 4.81. The number of fused-ring (bicyclic) bond motifs is 1. The molecule has 0 radical (unpaired) electrons. The van der Waals surface area contributed by atoms with Gasteiger partial charge in [-0.1, -0.05) is 24.3 Å². The fourth-order valence-corrected chi connectivity index (χ4v) is 3.42. The summed E-state index contributed by atoms with van der Waals surface area (Å²) in [4.78, 5) is 24.8. The van der Waals surface area contributed by atoms with Crippen molar-refractivity contribution in [1.82, 2.24) is 14.9 Å². The standard InChI is InChI=1S/C20H21N5O/c21-20(26)18-7-2-8-19(23-18)25-12-10-24(11-13-25)14-15-4-1-6-17-16(15)5-3-9-22-17/h1-9H,10-14H2,(H2,21,26). The number of rotatable bonds is 4. The predicted molar refractivity (Wildman–Crippen MR) is 102 cm³/mol. The smallest absolute Gasteiger partial charge is 0.267 e. The number of anilines is 1. The summed E-state index contributed by atoms with van der Waals surface area (Å²) < 4.78 is 0. The average molecular weight is 347 g/mol. The molecule has 3 heterocycles. The molecule has 0 bridgehead atoms. The molecule has 4 rings (SSSR count). The van der Waals surface area contributed by atoms with E-state index in [0.717, 1.165) is 44.1 Å². The first-order valence-corrected chi connectivity index (χ1v) is 8.77. The van der Waals surface area contributed by atoms with Gasteiger partial charge in [0.15, 0.2) is 0 Å². The minimum absolute atomic E-state index is 0.313. The Bertz CT molecular complexity index is 929. The first kappa shape index (κ1) is 16.5. The highest BCUT2D eigenvalue weighted by Gasteiger charge is 2.19. The highest BCUT2D eigenvalue weighted by Crippen LogP contribution is 2.20. The molecule has 1 aliphatic heterocycles. The molecule has 6 heteroatoms. The number of hydrogen-bond acceptors (Lipinski definition) is 5. The number of hydrogen-bond donors (Lipinski definition) is 1. The van der Waals surface area contributed by atoms with Crippen LogP contribution in [0, 0.1) is 0 Å². The maximum atomic E-state index is 11.3. The Morgan fingerprint density at radius 1 is 1.00 bits per heavy atom. The summed E-state index contributed by atoms with van der Waals surface area (Å²) in [5.74, 6) is 0.324. The quantitative estimate of drug-likeness (QED) is 0.782. The second kappa shape index (κ2) is 7.09. The Labute approximate surface area is 152 Å². The first-order valence-electron chi connectivity index (χ1n) is 8.77. The molecule has 2 N–H and O–H groups in total. The maximum absolute atomic E-state index is 11.3. The van der Waals surface area contributed by atoms with Crippen molar-refractivity contribution in [3.8, 4) is 0 Å².